The van der Waals surface area contributed by atoms with Gasteiger partial charge >= 0.3 is 5.69 Å². The number of fused-ring (bicyclic) bond motifs is 1. The van der Waals surface area contributed by atoms with Crippen molar-refractivity contribution < 1.29 is 13.2 Å². The van der Waals surface area contributed by atoms with E-state index in [1.54, 1.807) is 22.8 Å². The van der Waals surface area contributed by atoms with Crippen molar-refractivity contribution in [2.24, 2.45) is 0 Å². The van der Waals surface area contributed by atoms with E-state index in [0.29, 0.717) is 29.5 Å². The fraction of sp³-hybridized carbons (Fsp3) is 0.526. The zero-order valence-electron chi connectivity index (χ0n) is 17.7. The Morgan fingerprint density at radius 2 is 2.13 bits per heavy atom. The highest BCUT2D eigenvalue weighted by molar-refractivity contribution is 7.98. The molecular weight excluding hydrogens is 440 g/mol. The van der Waals surface area contributed by atoms with E-state index in [4.69, 9.17) is 4.74 Å². The molecule has 0 spiro atoms. The van der Waals surface area contributed by atoms with Crippen molar-refractivity contribution >= 4 is 32.8 Å². The average Bonchev–Trinajstić information content (AvgIpc) is 3.46. The number of benzene rings is 1. The molecule has 1 aliphatic rings. The Hall–Kier alpha value is -2.15. The van der Waals surface area contributed by atoms with Crippen LogP contribution in [0.1, 0.15) is 25.6 Å². The van der Waals surface area contributed by atoms with Crippen LogP contribution in [-0.4, -0.2) is 63.8 Å². The second-order valence-corrected chi connectivity index (χ2v) is 10.7. The summed E-state index contributed by atoms with van der Waals surface area (Å²) in [5, 5.41) is 7.27. The van der Waals surface area contributed by atoms with Crippen molar-refractivity contribution in [3.63, 3.8) is 0 Å². The molecule has 1 atom stereocenters. The topological polar surface area (TPSA) is 115 Å². The zero-order chi connectivity index (χ0) is 22.2. The molecule has 31 heavy (non-hydrogen) atoms. The van der Waals surface area contributed by atoms with E-state index in [0.717, 1.165) is 30.8 Å². The number of rotatable bonds is 8. The number of ether oxygens (including phenoxy) is 1. The van der Waals surface area contributed by atoms with Crippen molar-refractivity contribution in [1.82, 2.24) is 28.6 Å². The molecule has 1 N–H and O–H groups in total. The highest BCUT2D eigenvalue weighted by Crippen LogP contribution is 2.26. The summed E-state index contributed by atoms with van der Waals surface area (Å²) in [7, 11) is -0.521. The van der Waals surface area contributed by atoms with Crippen molar-refractivity contribution in [3.8, 4) is 0 Å². The molecule has 168 valence electrons. The molecule has 0 saturated carbocycles. The molecule has 3 aromatic rings. The third-order valence-electron chi connectivity index (χ3n) is 5.36. The summed E-state index contributed by atoms with van der Waals surface area (Å²) in [6.07, 6.45) is 1.98. The number of aromatic amines is 1. The molecule has 3 heterocycles. The van der Waals surface area contributed by atoms with Crippen molar-refractivity contribution in [1.29, 1.82) is 0 Å². The van der Waals surface area contributed by atoms with Gasteiger partial charge in [0.2, 0.25) is 10.0 Å². The van der Waals surface area contributed by atoms with Gasteiger partial charge in [0, 0.05) is 27.2 Å². The van der Waals surface area contributed by atoms with Gasteiger partial charge in [-0.15, -0.1) is 5.10 Å². The summed E-state index contributed by atoms with van der Waals surface area (Å²) in [5.41, 5.74) is 1.24. The summed E-state index contributed by atoms with van der Waals surface area (Å²) >= 11 is 1.42. The highest BCUT2D eigenvalue weighted by atomic mass is 32.2. The Balaban J connectivity index is 1.60. The lowest BCUT2D eigenvalue weighted by molar-refractivity contribution is 0.0941. The maximum Gasteiger partial charge on any atom is 0.344 e. The number of aromatic nitrogens is 5. The van der Waals surface area contributed by atoms with Crippen LogP contribution in [0.2, 0.25) is 0 Å². The van der Waals surface area contributed by atoms with Crippen LogP contribution in [-0.2, 0) is 33.6 Å². The fourth-order valence-corrected chi connectivity index (χ4v) is 5.51. The van der Waals surface area contributed by atoms with Crippen LogP contribution < -0.4 is 5.69 Å². The average molecular weight is 467 g/mol. The van der Waals surface area contributed by atoms with Crippen LogP contribution in [0.15, 0.2) is 33.0 Å². The van der Waals surface area contributed by atoms with Crippen LogP contribution in [0.3, 0.4) is 0 Å². The zero-order valence-corrected chi connectivity index (χ0v) is 19.4. The van der Waals surface area contributed by atoms with Crippen LogP contribution in [0.5, 0.6) is 0 Å². The van der Waals surface area contributed by atoms with E-state index >= 15 is 0 Å². The Morgan fingerprint density at radius 3 is 2.81 bits per heavy atom. The van der Waals surface area contributed by atoms with E-state index < -0.39 is 10.0 Å². The highest BCUT2D eigenvalue weighted by Gasteiger charge is 2.22. The number of H-pyrrole nitrogens is 1. The predicted molar refractivity (Wildman–Crippen MR) is 118 cm³/mol. The SMILES string of the molecule is CCn1c(CSc2n[nH]c(=O)n2CC2CCCO2)nc2cc(S(=O)(=O)N(C)C)ccc21. The first-order valence-electron chi connectivity index (χ1n) is 10.1. The molecule has 1 saturated heterocycles. The minimum absolute atomic E-state index is 0.0342. The molecule has 0 amide bonds. The lowest BCUT2D eigenvalue weighted by atomic mass is 10.2. The Morgan fingerprint density at radius 1 is 1.32 bits per heavy atom. The van der Waals surface area contributed by atoms with Crippen LogP contribution in [0.25, 0.3) is 11.0 Å². The fourth-order valence-electron chi connectivity index (χ4n) is 3.69. The van der Waals surface area contributed by atoms with Gasteiger partial charge in [0.1, 0.15) is 5.82 Å². The molecule has 1 unspecified atom stereocenters. The number of hydrogen-bond acceptors (Lipinski definition) is 7. The van der Waals surface area contributed by atoms with Gasteiger partial charge in [0.15, 0.2) is 5.16 Å². The van der Waals surface area contributed by atoms with E-state index in [9.17, 15) is 13.2 Å². The molecule has 12 heteroatoms. The number of sulfonamides is 1. The molecule has 0 radical (unpaired) electrons. The minimum atomic E-state index is -3.53. The minimum Gasteiger partial charge on any atom is -0.376 e. The van der Waals surface area contributed by atoms with Gasteiger partial charge in [-0.2, -0.15) is 0 Å². The molecule has 0 aliphatic carbocycles. The number of nitrogens with zero attached hydrogens (tertiary/aromatic N) is 5. The number of imidazole rings is 1. The van der Waals surface area contributed by atoms with Crippen LogP contribution in [0.4, 0.5) is 0 Å². The summed E-state index contributed by atoms with van der Waals surface area (Å²) in [6.45, 7) is 3.91. The first kappa shape index (κ1) is 22.1. The quantitative estimate of drug-likeness (QED) is 0.502. The van der Waals surface area contributed by atoms with Crippen molar-refractivity contribution in [2.45, 2.75) is 54.8 Å². The van der Waals surface area contributed by atoms with Gasteiger partial charge < -0.3 is 9.30 Å². The molecule has 10 nitrogen and oxygen atoms in total. The van der Waals surface area contributed by atoms with E-state index in [1.807, 2.05) is 11.5 Å². The first-order chi connectivity index (χ1) is 14.8. The summed E-state index contributed by atoms with van der Waals surface area (Å²) in [5.74, 6) is 1.29. The lowest BCUT2D eigenvalue weighted by Gasteiger charge is -2.11. The number of hydrogen-bond donors (Lipinski definition) is 1. The molecular formula is C19H26N6O4S2. The predicted octanol–water partition coefficient (Wildman–Crippen LogP) is 1.66. The summed E-state index contributed by atoms with van der Waals surface area (Å²) < 4.78 is 35.4. The number of aryl methyl sites for hydroxylation is 1. The van der Waals surface area contributed by atoms with Crippen molar-refractivity contribution in [2.75, 3.05) is 20.7 Å². The first-order valence-corrected chi connectivity index (χ1v) is 12.5. The maximum atomic E-state index is 12.5. The monoisotopic (exact) mass is 466 g/mol. The van der Waals surface area contributed by atoms with E-state index in [1.165, 1.54) is 30.2 Å². The van der Waals surface area contributed by atoms with Gasteiger partial charge in [0.05, 0.1) is 34.3 Å². The smallest absolute Gasteiger partial charge is 0.344 e. The normalized spacial score (nSPS) is 17.2. The van der Waals surface area contributed by atoms with E-state index in [2.05, 4.69) is 15.2 Å². The standard InChI is InChI=1S/C19H26N6O4S2/c1-4-24-16-8-7-14(31(27,28)23(2)3)10-15(16)20-17(24)12-30-19-22-21-18(26)25(19)11-13-6-5-9-29-13/h7-8,10,13H,4-6,9,11-12H2,1-3H3,(H,21,26). The van der Waals surface area contributed by atoms with Crippen LogP contribution in [0, 0.1) is 0 Å². The van der Waals surface area contributed by atoms with Gasteiger partial charge in [-0.05, 0) is 38.0 Å². The molecule has 1 fully saturated rings. The molecule has 4 rings (SSSR count). The molecule has 2 aromatic heterocycles. The molecule has 0 bridgehead atoms. The third kappa shape index (κ3) is 4.29. The molecule has 1 aliphatic heterocycles. The van der Waals surface area contributed by atoms with Gasteiger partial charge in [-0.25, -0.2) is 27.6 Å². The second-order valence-electron chi connectivity index (χ2n) is 7.56. The third-order valence-corrected chi connectivity index (χ3v) is 8.14. The van der Waals surface area contributed by atoms with Crippen molar-refractivity contribution in [3.05, 3.63) is 34.5 Å². The number of nitrogens with one attached hydrogen (secondary N) is 1. The molecule has 1 aromatic carbocycles. The lowest BCUT2D eigenvalue weighted by Crippen LogP contribution is -2.25. The van der Waals surface area contributed by atoms with Gasteiger partial charge in [0.25, 0.3) is 0 Å². The Kier molecular flexibility index (Phi) is 6.24. The largest absolute Gasteiger partial charge is 0.376 e. The maximum absolute atomic E-state index is 12.5. The van der Waals surface area contributed by atoms with E-state index in [-0.39, 0.29) is 16.7 Å². The van der Waals surface area contributed by atoms with Gasteiger partial charge in [-0.3, -0.25) is 4.57 Å². The van der Waals surface area contributed by atoms with Gasteiger partial charge in [-0.1, -0.05) is 11.8 Å². The van der Waals surface area contributed by atoms with Crippen LogP contribution >= 0.6 is 11.8 Å². The Bertz CT molecular complexity index is 1240. The second kappa shape index (κ2) is 8.77. The number of thioether (sulfide) groups is 1. The summed E-state index contributed by atoms with van der Waals surface area (Å²) in [4.78, 5) is 17.1. The Labute approximate surface area is 184 Å². The summed E-state index contributed by atoms with van der Waals surface area (Å²) in [6, 6.07) is 5.00.